The fraction of sp³-hybridized carbons (Fsp3) is 0.625. The first-order chi connectivity index (χ1) is 10.0. The molecule has 21 heavy (non-hydrogen) atoms. The summed E-state index contributed by atoms with van der Waals surface area (Å²) < 4.78 is 23.4. The molecule has 116 valence electrons. The fourth-order valence-electron chi connectivity index (χ4n) is 3.76. The van der Waals surface area contributed by atoms with E-state index in [0.29, 0.717) is 25.3 Å². The predicted octanol–water partition coefficient (Wildman–Crippen LogP) is 1.38. The first-order valence-corrected chi connectivity index (χ1v) is 9.57. The molecule has 0 spiro atoms. The topological polar surface area (TPSA) is 63.4 Å². The molecule has 2 aliphatic rings. The zero-order chi connectivity index (χ0) is 14.9. The average Bonchev–Trinajstić information content (AvgIpc) is 2.99. The van der Waals surface area contributed by atoms with Crippen molar-refractivity contribution in [3.05, 3.63) is 35.9 Å². The van der Waals surface area contributed by atoms with Crippen molar-refractivity contribution < 1.29 is 8.42 Å². The minimum Gasteiger partial charge on any atom is -0.329 e. The van der Waals surface area contributed by atoms with E-state index in [-0.39, 0.29) is 17.0 Å². The number of nitrogens with two attached hydrogens (primary N) is 1. The van der Waals surface area contributed by atoms with E-state index in [4.69, 9.17) is 5.73 Å². The Kier molecular flexibility index (Phi) is 4.08. The maximum atomic E-state index is 11.7. The summed E-state index contributed by atoms with van der Waals surface area (Å²) in [7, 11) is -2.84. The van der Waals surface area contributed by atoms with E-state index in [9.17, 15) is 8.42 Å². The second-order valence-corrected chi connectivity index (χ2v) is 8.73. The number of hydrogen-bond acceptors (Lipinski definition) is 4. The summed E-state index contributed by atoms with van der Waals surface area (Å²) >= 11 is 0. The lowest BCUT2D eigenvalue weighted by atomic mass is 9.90. The molecule has 0 amide bonds. The van der Waals surface area contributed by atoms with E-state index in [2.05, 4.69) is 29.2 Å². The monoisotopic (exact) mass is 308 g/mol. The second kappa shape index (κ2) is 5.71. The molecule has 0 bridgehead atoms. The molecule has 0 aliphatic carbocycles. The third kappa shape index (κ3) is 3.00. The Morgan fingerprint density at radius 3 is 2.48 bits per heavy atom. The highest BCUT2D eigenvalue weighted by Crippen LogP contribution is 2.36. The first kappa shape index (κ1) is 15.0. The summed E-state index contributed by atoms with van der Waals surface area (Å²) in [5.74, 6) is 1.13. The second-order valence-electron chi connectivity index (χ2n) is 6.42. The van der Waals surface area contributed by atoms with Crippen LogP contribution in [-0.2, 0) is 9.84 Å². The SMILES string of the molecule is NCC1(N2CCC(c3ccccc3)C2)CCS(=O)(=O)CC1. The summed E-state index contributed by atoms with van der Waals surface area (Å²) in [5, 5.41) is 0. The van der Waals surface area contributed by atoms with Gasteiger partial charge in [-0.15, -0.1) is 0 Å². The van der Waals surface area contributed by atoms with Crippen LogP contribution < -0.4 is 5.73 Å². The number of hydrogen-bond donors (Lipinski definition) is 1. The van der Waals surface area contributed by atoms with Crippen molar-refractivity contribution in [2.24, 2.45) is 5.73 Å². The van der Waals surface area contributed by atoms with Gasteiger partial charge >= 0.3 is 0 Å². The zero-order valence-electron chi connectivity index (χ0n) is 12.4. The fourth-order valence-corrected chi connectivity index (χ4v) is 5.34. The molecule has 0 saturated carbocycles. The highest BCUT2D eigenvalue weighted by Gasteiger charge is 2.43. The molecule has 2 saturated heterocycles. The lowest BCUT2D eigenvalue weighted by molar-refractivity contribution is 0.110. The molecule has 2 N–H and O–H groups in total. The van der Waals surface area contributed by atoms with Crippen LogP contribution in [0.1, 0.15) is 30.7 Å². The molecule has 1 aromatic rings. The Hall–Kier alpha value is -0.910. The maximum Gasteiger partial charge on any atom is 0.150 e. The molecule has 1 aromatic carbocycles. The molecule has 1 atom stereocenters. The number of sulfone groups is 1. The van der Waals surface area contributed by atoms with Crippen molar-refractivity contribution in [1.29, 1.82) is 0 Å². The summed E-state index contributed by atoms with van der Waals surface area (Å²) in [6.07, 6.45) is 2.51. The Bertz CT molecular complexity index is 572. The standard InChI is InChI=1S/C16H24N2O2S/c17-13-16(7-10-21(19,20)11-8-16)18-9-6-15(12-18)14-4-2-1-3-5-14/h1-5,15H,6-13,17H2. The van der Waals surface area contributed by atoms with Gasteiger partial charge in [-0.05, 0) is 37.3 Å². The molecule has 5 heteroatoms. The minimum atomic E-state index is -2.84. The summed E-state index contributed by atoms with van der Waals surface area (Å²) in [5.41, 5.74) is 7.34. The van der Waals surface area contributed by atoms with E-state index in [0.717, 1.165) is 19.5 Å². The van der Waals surface area contributed by atoms with Crippen molar-refractivity contribution >= 4 is 9.84 Å². The van der Waals surface area contributed by atoms with Gasteiger partial charge in [0.15, 0.2) is 0 Å². The van der Waals surface area contributed by atoms with Gasteiger partial charge in [-0.2, -0.15) is 0 Å². The Balaban J connectivity index is 1.72. The van der Waals surface area contributed by atoms with E-state index in [1.807, 2.05) is 6.07 Å². The van der Waals surface area contributed by atoms with Crippen LogP contribution in [0, 0.1) is 0 Å². The summed E-state index contributed by atoms with van der Waals surface area (Å²) in [6.45, 7) is 2.59. The van der Waals surface area contributed by atoms with Gasteiger partial charge in [0.25, 0.3) is 0 Å². The molecule has 1 unspecified atom stereocenters. The van der Waals surface area contributed by atoms with Gasteiger partial charge in [0.2, 0.25) is 0 Å². The van der Waals surface area contributed by atoms with E-state index in [1.54, 1.807) is 0 Å². The van der Waals surface area contributed by atoms with Crippen molar-refractivity contribution in [2.45, 2.75) is 30.7 Å². The van der Waals surface area contributed by atoms with Crippen LogP contribution in [0.15, 0.2) is 30.3 Å². The molecule has 3 rings (SSSR count). The van der Waals surface area contributed by atoms with E-state index in [1.165, 1.54) is 5.56 Å². The van der Waals surface area contributed by atoms with Crippen molar-refractivity contribution in [2.75, 3.05) is 31.1 Å². The predicted molar refractivity (Wildman–Crippen MR) is 85.0 cm³/mol. The van der Waals surface area contributed by atoms with Crippen LogP contribution >= 0.6 is 0 Å². The molecule has 0 aromatic heterocycles. The van der Waals surface area contributed by atoms with Crippen molar-refractivity contribution in [3.63, 3.8) is 0 Å². The molecule has 2 heterocycles. The highest BCUT2D eigenvalue weighted by atomic mass is 32.2. The van der Waals surface area contributed by atoms with Crippen LogP contribution in [0.2, 0.25) is 0 Å². The summed E-state index contributed by atoms with van der Waals surface area (Å²) in [6, 6.07) is 10.6. The average molecular weight is 308 g/mol. The van der Waals surface area contributed by atoms with Gasteiger partial charge in [-0.1, -0.05) is 30.3 Å². The third-order valence-corrected chi connectivity index (χ3v) is 6.92. The molecular weight excluding hydrogens is 284 g/mol. The largest absolute Gasteiger partial charge is 0.329 e. The molecule has 2 fully saturated rings. The Morgan fingerprint density at radius 1 is 1.19 bits per heavy atom. The third-order valence-electron chi connectivity index (χ3n) is 5.27. The first-order valence-electron chi connectivity index (χ1n) is 7.75. The van der Waals surface area contributed by atoms with E-state index < -0.39 is 9.84 Å². The van der Waals surface area contributed by atoms with E-state index >= 15 is 0 Å². The number of likely N-dealkylation sites (tertiary alicyclic amines) is 1. The smallest absolute Gasteiger partial charge is 0.150 e. The molecule has 4 nitrogen and oxygen atoms in total. The van der Waals surface area contributed by atoms with Gasteiger partial charge in [0.1, 0.15) is 9.84 Å². The minimum absolute atomic E-state index is 0.102. The van der Waals surface area contributed by atoms with Gasteiger partial charge in [-0.25, -0.2) is 8.42 Å². The van der Waals surface area contributed by atoms with Crippen LogP contribution in [0.25, 0.3) is 0 Å². The quantitative estimate of drug-likeness (QED) is 0.916. The number of nitrogens with zero attached hydrogens (tertiary/aromatic N) is 1. The normalized spacial score (nSPS) is 28.5. The van der Waals surface area contributed by atoms with Gasteiger partial charge < -0.3 is 5.73 Å². The molecular formula is C16H24N2O2S. The maximum absolute atomic E-state index is 11.7. The van der Waals surface area contributed by atoms with Crippen LogP contribution in [0.4, 0.5) is 0 Å². The lowest BCUT2D eigenvalue weighted by Gasteiger charge is -2.44. The Labute approximate surface area is 127 Å². The highest BCUT2D eigenvalue weighted by molar-refractivity contribution is 7.91. The number of benzene rings is 1. The van der Waals surface area contributed by atoms with Gasteiger partial charge in [0, 0.05) is 18.6 Å². The zero-order valence-corrected chi connectivity index (χ0v) is 13.2. The van der Waals surface area contributed by atoms with Crippen molar-refractivity contribution in [3.8, 4) is 0 Å². The van der Waals surface area contributed by atoms with Gasteiger partial charge in [0.05, 0.1) is 11.5 Å². The molecule has 0 radical (unpaired) electrons. The van der Waals surface area contributed by atoms with Crippen LogP contribution in [0.3, 0.4) is 0 Å². The Morgan fingerprint density at radius 2 is 1.86 bits per heavy atom. The van der Waals surface area contributed by atoms with Gasteiger partial charge in [-0.3, -0.25) is 4.90 Å². The van der Waals surface area contributed by atoms with Crippen LogP contribution in [-0.4, -0.2) is 50.0 Å². The summed E-state index contributed by atoms with van der Waals surface area (Å²) in [4.78, 5) is 2.46. The lowest BCUT2D eigenvalue weighted by Crippen LogP contribution is -2.56. The molecule has 2 aliphatic heterocycles. The van der Waals surface area contributed by atoms with Crippen molar-refractivity contribution in [1.82, 2.24) is 4.90 Å². The number of rotatable bonds is 3. The van der Waals surface area contributed by atoms with Crippen LogP contribution in [0.5, 0.6) is 0 Å².